The fourth-order valence-electron chi connectivity index (χ4n) is 2.36. The van der Waals surface area contributed by atoms with Crippen LogP contribution in [0.3, 0.4) is 0 Å². The van der Waals surface area contributed by atoms with Crippen LogP contribution in [0.4, 0.5) is 8.78 Å². The van der Waals surface area contributed by atoms with Gasteiger partial charge in [0.2, 0.25) is 0 Å². The average molecular weight is 265 g/mol. The van der Waals surface area contributed by atoms with Crippen LogP contribution in [0.15, 0.2) is 18.2 Å². The molecule has 0 bridgehead atoms. The Balaban J connectivity index is 1.66. The zero-order chi connectivity index (χ0) is 13.4. The molecule has 0 aliphatic heterocycles. The molecule has 0 saturated heterocycles. The molecule has 4 heteroatoms. The quantitative estimate of drug-likeness (QED) is 0.737. The Morgan fingerprint density at radius 3 is 2.47 bits per heavy atom. The Kier molecular flexibility index (Phi) is 3.35. The second-order valence-corrected chi connectivity index (χ2v) is 5.66. The topological polar surface area (TPSA) is 20.3 Å². The minimum atomic E-state index is -0.953. The SMILES string of the molecule is O=C(CN(CC1CC1)C1CC1)c1ccc(F)c(F)c1. The molecule has 0 atom stereocenters. The number of halogens is 2. The van der Waals surface area contributed by atoms with E-state index in [1.54, 1.807) is 0 Å². The van der Waals surface area contributed by atoms with Crippen molar-refractivity contribution < 1.29 is 13.6 Å². The summed E-state index contributed by atoms with van der Waals surface area (Å²) in [5.41, 5.74) is 0.264. The number of carbonyl (C=O) groups excluding carboxylic acids is 1. The molecule has 0 N–H and O–H groups in total. The van der Waals surface area contributed by atoms with Gasteiger partial charge in [0.25, 0.3) is 0 Å². The third-order valence-corrected chi connectivity index (χ3v) is 3.84. The number of Topliss-reactive ketones (excluding diaryl/α,β-unsaturated/α-hetero) is 1. The fraction of sp³-hybridized carbons (Fsp3) is 0.533. The van der Waals surface area contributed by atoms with Gasteiger partial charge in [0, 0.05) is 18.2 Å². The molecule has 0 heterocycles. The highest BCUT2D eigenvalue weighted by molar-refractivity contribution is 5.97. The third-order valence-electron chi connectivity index (χ3n) is 3.84. The molecular weight excluding hydrogens is 248 g/mol. The van der Waals surface area contributed by atoms with Gasteiger partial charge in [-0.3, -0.25) is 9.69 Å². The zero-order valence-corrected chi connectivity index (χ0v) is 10.7. The Morgan fingerprint density at radius 2 is 1.89 bits per heavy atom. The third kappa shape index (κ3) is 3.18. The van der Waals surface area contributed by atoms with E-state index in [0.717, 1.165) is 37.4 Å². The maximum absolute atomic E-state index is 13.1. The summed E-state index contributed by atoms with van der Waals surface area (Å²) in [6.07, 6.45) is 4.81. The first-order valence-electron chi connectivity index (χ1n) is 6.86. The van der Waals surface area contributed by atoms with Gasteiger partial charge < -0.3 is 0 Å². The minimum absolute atomic E-state index is 0.119. The first kappa shape index (κ1) is 12.7. The number of ketones is 1. The van der Waals surface area contributed by atoms with Crippen molar-refractivity contribution in [2.75, 3.05) is 13.1 Å². The van der Waals surface area contributed by atoms with E-state index < -0.39 is 11.6 Å². The Morgan fingerprint density at radius 1 is 1.16 bits per heavy atom. The van der Waals surface area contributed by atoms with Gasteiger partial charge in [0.1, 0.15) is 0 Å². The van der Waals surface area contributed by atoms with Crippen molar-refractivity contribution in [3.8, 4) is 0 Å². The van der Waals surface area contributed by atoms with Crippen LogP contribution in [0.1, 0.15) is 36.0 Å². The lowest BCUT2D eigenvalue weighted by Crippen LogP contribution is -2.33. The van der Waals surface area contributed by atoms with E-state index in [2.05, 4.69) is 4.90 Å². The summed E-state index contributed by atoms with van der Waals surface area (Å²) < 4.78 is 26.0. The molecule has 2 nitrogen and oxygen atoms in total. The lowest BCUT2D eigenvalue weighted by molar-refractivity contribution is 0.0920. The summed E-state index contributed by atoms with van der Waals surface area (Å²) in [5.74, 6) is -1.25. The molecule has 0 radical (unpaired) electrons. The Labute approximate surface area is 111 Å². The van der Waals surface area contributed by atoms with Crippen LogP contribution in [0.25, 0.3) is 0 Å². The van der Waals surface area contributed by atoms with Gasteiger partial charge in [-0.1, -0.05) is 0 Å². The maximum Gasteiger partial charge on any atom is 0.176 e. The highest BCUT2D eigenvalue weighted by Gasteiger charge is 2.34. The monoisotopic (exact) mass is 265 g/mol. The number of hydrogen-bond donors (Lipinski definition) is 0. The van der Waals surface area contributed by atoms with Crippen LogP contribution in [-0.4, -0.2) is 29.8 Å². The largest absolute Gasteiger partial charge is 0.293 e. The summed E-state index contributed by atoms with van der Waals surface area (Å²) in [4.78, 5) is 14.3. The van der Waals surface area contributed by atoms with Crippen molar-refractivity contribution in [2.45, 2.75) is 31.7 Å². The van der Waals surface area contributed by atoms with Crippen LogP contribution in [0.5, 0.6) is 0 Å². The van der Waals surface area contributed by atoms with Crippen LogP contribution in [0.2, 0.25) is 0 Å². The number of nitrogens with zero attached hydrogens (tertiary/aromatic N) is 1. The highest BCUT2D eigenvalue weighted by atomic mass is 19.2. The van der Waals surface area contributed by atoms with E-state index >= 15 is 0 Å². The first-order chi connectivity index (χ1) is 9.13. The van der Waals surface area contributed by atoms with Crippen molar-refractivity contribution >= 4 is 5.78 Å². The Bertz CT molecular complexity index is 495. The van der Waals surface area contributed by atoms with Crippen molar-refractivity contribution in [3.63, 3.8) is 0 Å². The normalized spacial score (nSPS) is 18.9. The fourth-order valence-corrected chi connectivity index (χ4v) is 2.36. The number of benzene rings is 1. The first-order valence-corrected chi connectivity index (χ1v) is 6.86. The number of rotatable bonds is 6. The van der Waals surface area contributed by atoms with Crippen LogP contribution in [0, 0.1) is 17.6 Å². The molecule has 19 heavy (non-hydrogen) atoms. The predicted octanol–water partition coefficient (Wildman–Crippen LogP) is 3.02. The van der Waals surface area contributed by atoms with Gasteiger partial charge >= 0.3 is 0 Å². The summed E-state index contributed by atoms with van der Waals surface area (Å²) >= 11 is 0. The average Bonchev–Trinajstić information content (AvgIpc) is 3.25. The number of hydrogen-bond acceptors (Lipinski definition) is 2. The van der Waals surface area contributed by atoms with Gasteiger partial charge in [-0.2, -0.15) is 0 Å². The predicted molar refractivity (Wildman–Crippen MR) is 68.0 cm³/mol. The van der Waals surface area contributed by atoms with Gasteiger partial charge in [0.05, 0.1) is 6.54 Å². The van der Waals surface area contributed by atoms with Crippen molar-refractivity contribution in [1.29, 1.82) is 0 Å². The van der Waals surface area contributed by atoms with Crippen LogP contribution >= 0.6 is 0 Å². The van der Waals surface area contributed by atoms with Gasteiger partial charge in [-0.05, 0) is 49.8 Å². The maximum atomic E-state index is 13.1. The lowest BCUT2D eigenvalue weighted by Gasteiger charge is -2.20. The molecule has 2 aliphatic rings. The van der Waals surface area contributed by atoms with Gasteiger partial charge in [0.15, 0.2) is 17.4 Å². The molecular formula is C15H17F2NO. The summed E-state index contributed by atoms with van der Waals surface area (Å²) in [5, 5.41) is 0. The van der Waals surface area contributed by atoms with E-state index in [0.29, 0.717) is 12.6 Å². The van der Waals surface area contributed by atoms with Crippen LogP contribution < -0.4 is 0 Å². The molecule has 1 aromatic carbocycles. The summed E-state index contributed by atoms with van der Waals surface area (Å²) in [6, 6.07) is 3.91. The molecule has 2 saturated carbocycles. The second-order valence-electron chi connectivity index (χ2n) is 5.66. The molecule has 0 spiro atoms. The van der Waals surface area contributed by atoms with Gasteiger partial charge in [-0.25, -0.2) is 8.78 Å². The van der Waals surface area contributed by atoms with Crippen molar-refractivity contribution in [2.24, 2.45) is 5.92 Å². The minimum Gasteiger partial charge on any atom is -0.293 e. The molecule has 2 aliphatic carbocycles. The van der Waals surface area contributed by atoms with E-state index in [9.17, 15) is 13.6 Å². The molecule has 3 rings (SSSR count). The molecule has 1 aromatic rings. The Hall–Kier alpha value is -1.29. The standard InChI is InChI=1S/C15H17F2NO/c16-13-6-3-11(7-14(13)17)15(19)9-18(12-4-5-12)8-10-1-2-10/h3,6-7,10,12H,1-2,4-5,8-9H2. The molecule has 102 valence electrons. The molecule has 0 aromatic heterocycles. The summed E-state index contributed by atoms with van der Waals surface area (Å²) in [7, 11) is 0. The van der Waals surface area contributed by atoms with Gasteiger partial charge in [-0.15, -0.1) is 0 Å². The van der Waals surface area contributed by atoms with Crippen molar-refractivity contribution in [3.05, 3.63) is 35.4 Å². The van der Waals surface area contributed by atoms with Crippen molar-refractivity contribution in [1.82, 2.24) is 4.90 Å². The van der Waals surface area contributed by atoms with E-state index in [-0.39, 0.29) is 11.3 Å². The molecule has 0 amide bonds. The van der Waals surface area contributed by atoms with Crippen LogP contribution in [-0.2, 0) is 0 Å². The second kappa shape index (κ2) is 5.00. The lowest BCUT2D eigenvalue weighted by atomic mass is 10.1. The summed E-state index contributed by atoms with van der Waals surface area (Å²) in [6.45, 7) is 1.30. The van der Waals surface area contributed by atoms with E-state index in [1.165, 1.54) is 18.9 Å². The van der Waals surface area contributed by atoms with E-state index in [4.69, 9.17) is 0 Å². The highest BCUT2D eigenvalue weighted by Crippen LogP contribution is 2.34. The molecule has 0 unspecified atom stereocenters. The molecule has 2 fully saturated rings. The van der Waals surface area contributed by atoms with E-state index in [1.807, 2.05) is 0 Å². The number of carbonyl (C=O) groups is 1. The smallest absolute Gasteiger partial charge is 0.176 e. The zero-order valence-electron chi connectivity index (χ0n) is 10.7.